The Labute approximate surface area is 115 Å². The second-order valence-corrected chi connectivity index (χ2v) is 4.52. The maximum Gasteiger partial charge on any atom is 0.264 e. The molecule has 0 heterocycles. The molecule has 0 atom stereocenters. The molecule has 0 aliphatic rings. The van der Waals surface area contributed by atoms with E-state index in [2.05, 4.69) is 0 Å². The lowest BCUT2D eigenvalue weighted by Gasteiger charge is -2.09. The molecular formula is C12H10Cl2N2O2. The van der Waals surface area contributed by atoms with Crippen molar-refractivity contribution in [1.29, 1.82) is 5.26 Å². The first-order valence-corrected chi connectivity index (χ1v) is 5.64. The molecule has 0 unspecified atom stereocenters. The van der Waals surface area contributed by atoms with Crippen LogP contribution in [-0.2, 0) is 4.79 Å². The summed E-state index contributed by atoms with van der Waals surface area (Å²) >= 11 is 11.5. The maximum atomic E-state index is 11.6. The molecule has 6 heteroatoms. The summed E-state index contributed by atoms with van der Waals surface area (Å²) in [6.07, 6.45) is 1.36. The van der Waals surface area contributed by atoms with E-state index in [4.69, 9.17) is 28.5 Å². The second kappa shape index (κ2) is 5.76. The molecule has 0 radical (unpaired) electrons. The summed E-state index contributed by atoms with van der Waals surface area (Å²) in [5.41, 5.74) is 0.423. The van der Waals surface area contributed by atoms with Gasteiger partial charge in [-0.2, -0.15) is 5.26 Å². The fourth-order valence-corrected chi connectivity index (χ4v) is 1.72. The molecule has 0 spiro atoms. The van der Waals surface area contributed by atoms with Gasteiger partial charge in [0.05, 0.1) is 10.0 Å². The number of benzene rings is 1. The van der Waals surface area contributed by atoms with Crippen molar-refractivity contribution in [3.05, 3.63) is 33.3 Å². The van der Waals surface area contributed by atoms with E-state index in [9.17, 15) is 9.90 Å². The summed E-state index contributed by atoms with van der Waals surface area (Å²) in [6.45, 7) is 0. The van der Waals surface area contributed by atoms with Gasteiger partial charge in [-0.15, -0.1) is 0 Å². The number of hydrogen-bond acceptors (Lipinski definition) is 3. The summed E-state index contributed by atoms with van der Waals surface area (Å²) in [5.74, 6) is -0.647. The lowest BCUT2D eigenvalue weighted by atomic mass is 10.1. The topological polar surface area (TPSA) is 64.3 Å². The number of rotatable bonds is 2. The van der Waals surface area contributed by atoms with E-state index in [1.54, 1.807) is 20.2 Å². The molecule has 0 bridgehead atoms. The number of hydrogen-bond donors (Lipinski definition) is 1. The lowest BCUT2D eigenvalue weighted by Crippen LogP contribution is -2.22. The zero-order valence-electron chi connectivity index (χ0n) is 9.74. The molecule has 1 amide bonds. The average Bonchev–Trinajstić information content (AvgIpc) is 2.31. The number of nitriles is 1. The highest BCUT2D eigenvalue weighted by molar-refractivity contribution is 6.37. The molecule has 0 fully saturated rings. The molecule has 1 aromatic carbocycles. The van der Waals surface area contributed by atoms with E-state index in [1.165, 1.54) is 23.1 Å². The van der Waals surface area contributed by atoms with Crippen LogP contribution in [-0.4, -0.2) is 30.0 Å². The van der Waals surface area contributed by atoms with Gasteiger partial charge in [0.1, 0.15) is 11.6 Å². The zero-order valence-corrected chi connectivity index (χ0v) is 11.2. The zero-order chi connectivity index (χ0) is 13.9. The summed E-state index contributed by atoms with van der Waals surface area (Å²) in [6, 6.07) is 4.65. The third-order valence-corrected chi connectivity index (χ3v) is 2.68. The minimum atomic E-state index is -0.419. The first-order valence-electron chi connectivity index (χ1n) is 4.88. The second-order valence-electron chi connectivity index (χ2n) is 3.70. The predicted octanol–water partition coefficient (Wildman–Crippen LogP) is 2.69. The molecule has 94 valence electrons. The maximum absolute atomic E-state index is 11.6. The number of carbonyl (C=O) groups excluding carboxylic acids is 1. The number of likely N-dealkylation sites (N-methyl/N-ethyl adjacent to an activating group) is 1. The number of halogens is 2. The van der Waals surface area contributed by atoms with E-state index in [-0.39, 0.29) is 21.4 Å². The van der Waals surface area contributed by atoms with Crippen LogP contribution in [0.3, 0.4) is 0 Å². The quantitative estimate of drug-likeness (QED) is 0.671. The van der Waals surface area contributed by atoms with Crippen molar-refractivity contribution in [2.24, 2.45) is 0 Å². The van der Waals surface area contributed by atoms with Crippen molar-refractivity contribution >= 4 is 35.2 Å². The number of phenolic OH excluding ortho intramolecular Hbond substituents is 1. The standard InChI is InChI=1S/C12H10Cl2N2O2/c1-16(2)12(18)8(6-15)3-7-4-9(13)11(17)10(14)5-7/h3-5,17H,1-2H3/b8-3-. The van der Waals surface area contributed by atoms with E-state index < -0.39 is 5.91 Å². The summed E-state index contributed by atoms with van der Waals surface area (Å²) < 4.78 is 0. The Hall–Kier alpha value is -1.70. The van der Waals surface area contributed by atoms with Gasteiger partial charge in [0.2, 0.25) is 0 Å². The van der Waals surface area contributed by atoms with Crippen LogP contribution in [0.5, 0.6) is 5.75 Å². The minimum absolute atomic E-state index is 0.0437. The van der Waals surface area contributed by atoms with Crippen molar-refractivity contribution in [2.45, 2.75) is 0 Å². The molecular weight excluding hydrogens is 275 g/mol. The van der Waals surface area contributed by atoms with Crippen LogP contribution in [0.25, 0.3) is 6.08 Å². The van der Waals surface area contributed by atoms with Gasteiger partial charge in [0.15, 0.2) is 5.75 Å². The number of phenols is 1. The fourth-order valence-electron chi connectivity index (χ4n) is 1.22. The number of carbonyl (C=O) groups is 1. The van der Waals surface area contributed by atoms with E-state index in [0.29, 0.717) is 5.56 Å². The summed E-state index contributed by atoms with van der Waals surface area (Å²) in [7, 11) is 3.09. The van der Waals surface area contributed by atoms with Crippen molar-refractivity contribution in [1.82, 2.24) is 4.90 Å². The van der Waals surface area contributed by atoms with Crippen LogP contribution in [0.2, 0.25) is 10.0 Å². The Bertz CT molecular complexity index is 537. The van der Waals surface area contributed by atoms with Gasteiger partial charge in [-0.05, 0) is 23.8 Å². The Morgan fingerprint density at radius 2 is 1.89 bits per heavy atom. The number of amides is 1. The van der Waals surface area contributed by atoms with Crippen LogP contribution in [0.1, 0.15) is 5.56 Å². The third-order valence-electron chi connectivity index (χ3n) is 2.11. The Morgan fingerprint density at radius 1 is 1.39 bits per heavy atom. The first kappa shape index (κ1) is 14.4. The molecule has 0 aliphatic carbocycles. The third kappa shape index (κ3) is 3.16. The predicted molar refractivity (Wildman–Crippen MR) is 70.4 cm³/mol. The van der Waals surface area contributed by atoms with E-state index in [1.807, 2.05) is 0 Å². The van der Waals surface area contributed by atoms with Crippen molar-refractivity contribution in [3.8, 4) is 11.8 Å². The van der Waals surface area contributed by atoms with Gasteiger partial charge in [0, 0.05) is 14.1 Å². The minimum Gasteiger partial charge on any atom is -0.505 e. The van der Waals surface area contributed by atoms with Gasteiger partial charge in [-0.1, -0.05) is 23.2 Å². The molecule has 1 aromatic rings. The van der Waals surface area contributed by atoms with Crippen LogP contribution in [0, 0.1) is 11.3 Å². The molecule has 18 heavy (non-hydrogen) atoms. The van der Waals surface area contributed by atoms with Gasteiger partial charge in [-0.25, -0.2) is 0 Å². The fraction of sp³-hybridized carbons (Fsp3) is 0.167. The Kier molecular flexibility index (Phi) is 4.60. The summed E-state index contributed by atoms with van der Waals surface area (Å²) in [4.78, 5) is 12.9. The molecule has 0 saturated carbocycles. The van der Waals surface area contributed by atoms with Gasteiger partial charge >= 0.3 is 0 Å². The smallest absolute Gasteiger partial charge is 0.264 e. The monoisotopic (exact) mass is 284 g/mol. The normalized spacial score (nSPS) is 10.9. The van der Waals surface area contributed by atoms with Crippen molar-refractivity contribution < 1.29 is 9.90 Å². The molecule has 0 aliphatic heterocycles. The highest BCUT2D eigenvalue weighted by Crippen LogP contribution is 2.33. The highest BCUT2D eigenvalue weighted by Gasteiger charge is 2.12. The van der Waals surface area contributed by atoms with Gasteiger partial charge in [0.25, 0.3) is 5.91 Å². The van der Waals surface area contributed by atoms with Crippen LogP contribution in [0.4, 0.5) is 0 Å². The lowest BCUT2D eigenvalue weighted by molar-refractivity contribution is -0.124. The molecule has 0 saturated heterocycles. The highest BCUT2D eigenvalue weighted by atomic mass is 35.5. The SMILES string of the molecule is CN(C)C(=O)/C(C#N)=C\c1cc(Cl)c(O)c(Cl)c1. The number of aromatic hydroxyl groups is 1. The molecule has 4 nitrogen and oxygen atoms in total. The van der Waals surface area contributed by atoms with Crippen LogP contribution >= 0.6 is 23.2 Å². The van der Waals surface area contributed by atoms with E-state index >= 15 is 0 Å². The van der Waals surface area contributed by atoms with Gasteiger partial charge < -0.3 is 10.0 Å². The Morgan fingerprint density at radius 3 is 2.28 bits per heavy atom. The van der Waals surface area contributed by atoms with E-state index in [0.717, 1.165) is 0 Å². The molecule has 1 N–H and O–H groups in total. The molecule has 0 aromatic heterocycles. The molecule has 1 rings (SSSR count). The Balaban J connectivity index is 3.24. The largest absolute Gasteiger partial charge is 0.505 e. The number of nitrogens with zero attached hydrogens (tertiary/aromatic N) is 2. The van der Waals surface area contributed by atoms with Crippen LogP contribution in [0.15, 0.2) is 17.7 Å². The first-order chi connectivity index (χ1) is 8.36. The van der Waals surface area contributed by atoms with Crippen molar-refractivity contribution in [2.75, 3.05) is 14.1 Å². The average molecular weight is 285 g/mol. The van der Waals surface area contributed by atoms with Crippen LogP contribution < -0.4 is 0 Å². The van der Waals surface area contributed by atoms with Gasteiger partial charge in [-0.3, -0.25) is 4.79 Å². The summed E-state index contributed by atoms with van der Waals surface area (Å²) in [5, 5.41) is 18.4. The van der Waals surface area contributed by atoms with Crippen molar-refractivity contribution in [3.63, 3.8) is 0 Å².